The molecule has 2 N–H and O–H groups in total. The van der Waals surface area contributed by atoms with Crippen LogP contribution in [0.2, 0.25) is 0 Å². The number of halogens is 1. The van der Waals surface area contributed by atoms with Crippen molar-refractivity contribution in [2.75, 3.05) is 13.3 Å². The second-order valence-corrected chi connectivity index (χ2v) is 9.89. The quantitative estimate of drug-likeness (QED) is 0.327. The molecule has 0 fully saturated rings. The second-order valence-electron chi connectivity index (χ2n) is 7.20. The summed E-state index contributed by atoms with van der Waals surface area (Å²) >= 11 is 3.42. The van der Waals surface area contributed by atoms with E-state index in [1.807, 2.05) is 0 Å². The zero-order valence-corrected chi connectivity index (χ0v) is 20.0. The summed E-state index contributed by atoms with van der Waals surface area (Å²) < 4.78 is 18.6. The summed E-state index contributed by atoms with van der Waals surface area (Å²) in [7, 11) is -2.70. The van der Waals surface area contributed by atoms with Gasteiger partial charge in [0.25, 0.3) is 0 Å². The highest BCUT2D eigenvalue weighted by Crippen LogP contribution is 2.36. The number of carbonyl (C=O) groups is 1. The lowest BCUT2D eigenvalue weighted by molar-refractivity contribution is 0.0907. The first-order valence-electron chi connectivity index (χ1n) is 9.75. The van der Waals surface area contributed by atoms with Gasteiger partial charge in [-0.3, -0.25) is 13.9 Å². The van der Waals surface area contributed by atoms with E-state index in [0.29, 0.717) is 33.3 Å². The maximum absolute atomic E-state index is 12.8. The average molecular weight is 528 g/mol. The largest absolute Gasteiger partial charge is 0.496 e. The minimum atomic E-state index is -4.19. The van der Waals surface area contributed by atoms with Gasteiger partial charge in [0.05, 0.1) is 42.1 Å². The van der Waals surface area contributed by atoms with Gasteiger partial charge in [0.1, 0.15) is 5.75 Å². The highest BCUT2D eigenvalue weighted by atomic mass is 79.9. The predicted molar refractivity (Wildman–Crippen MR) is 128 cm³/mol. The van der Waals surface area contributed by atoms with Gasteiger partial charge in [0, 0.05) is 33.6 Å². The molecule has 3 aromatic rings. The molecule has 0 radical (unpaired) electrons. The number of carbonyl (C=O) groups excluding carboxylic acids is 1. The number of hydrogen-bond donors (Lipinski definition) is 2. The van der Waals surface area contributed by atoms with Crippen LogP contribution in [0.15, 0.2) is 47.1 Å². The van der Waals surface area contributed by atoms with Crippen molar-refractivity contribution in [3.63, 3.8) is 0 Å². The van der Waals surface area contributed by atoms with E-state index >= 15 is 0 Å². The molecular weight excluding hydrogens is 509 g/mol. The number of fused-ring (bicyclic) bond motifs is 1. The van der Waals surface area contributed by atoms with Gasteiger partial charge in [-0.25, -0.2) is 0 Å². The van der Waals surface area contributed by atoms with Crippen molar-refractivity contribution in [3.8, 4) is 17.9 Å². The van der Waals surface area contributed by atoms with Crippen molar-refractivity contribution in [3.05, 3.63) is 63.8 Å². The van der Waals surface area contributed by atoms with Crippen LogP contribution < -0.4 is 4.74 Å². The Morgan fingerprint density at radius 1 is 1.24 bits per heavy atom. The van der Waals surface area contributed by atoms with E-state index in [4.69, 9.17) is 14.5 Å². The van der Waals surface area contributed by atoms with E-state index in [0.717, 1.165) is 4.47 Å². The molecule has 168 valence electrons. The van der Waals surface area contributed by atoms with Crippen molar-refractivity contribution in [1.29, 1.82) is 10.5 Å². The van der Waals surface area contributed by atoms with Crippen molar-refractivity contribution in [2.45, 2.75) is 12.8 Å². The minimum absolute atomic E-state index is 0.0355. The lowest BCUT2D eigenvalue weighted by atomic mass is 10.0. The topological polar surface area (TPSA) is 136 Å². The van der Waals surface area contributed by atoms with Crippen molar-refractivity contribution in [2.24, 2.45) is 0 Å². The molecular formula is C23H19BrN3O5P. The maximum atomic E-state index is 12.8. The molecule has 0 amide bonds. The van der Waals surface area contributed by atoms with Crippen LogP contribution in [0.4, 0.5) is 0 Å². The molecule has 2 aromatic carbocycles. The van der Waals surface area contributed by atoms with E-state index in [1.165, 1.54) is 11.7 Å². The summed E-state index contributed by atoms with van der Waals surface area (Å²) in [6.45, 7) is 0. The summed E-state index contributed by atoms with van der Waals surface area (Å²) in [5.41, 5.74) is 2.27. The molecule has 0 aliphatic heterocycles. The minimum Gasteiger partial charge on any atom is -0.496 e. The third-order valence-corrected chi connectivity index (χ3v) is 6.34. The molecule has 0 aliphatic carbocycles. The van der Waals surface area contributed by atoms with Gasteiger partial charge in [0.15, 0.2) is 0 Å². The number of benzene rings is 2. The van der Waals surface area contributed by atoms with E-state index in [-0.39, 0.29) is 30.5 Å². The Labute approximate surface area is 198 Å². The Hall–Kier alpha value is -3.20. The smallest absolute Gasteiger partial charge is 0.325 e. The lowest BCUT2D eigenvalue weighted by Crippen LogP contribution is -2.09. The molecule has 10 heteroatoms. The monoisotopic (exact) mass is 527 g/mol. The number of methoxy groups -OCH3 is 1. The Kier molecular flexibility index (Phi) is 7.53. The fraction of sp³-hybridized carbons (Fsp3) is 0.174. The molecule has 33 heavy (non-hydrogen) atoms. The normalized spacial score (nSPS) is 11.8. The molecule has 0 saturated carbocycles. The molecule has 0 bridgehead atoms. The highest BCUT2D eigenvalue weighted by Gasteiger charge is 2.19. The van der Waals surface area contributed by atoms with Gasteiger partial charge in [-0.1, -0.05) is 15.9 Å². The first-order chi connectivity index (χ1) is 15.7. The zero-order chi connectivity index (χ0) is 24.2. The third kappa shape index (κ3) is 5.78. The predicted octanol–water partition coefficient (Wildman–Crippen LogP) is 4.95. The molecule has 0 spiro atoms. The van der Waals surface area contributed by atoms with Crippen LogP contribution in [-0.2, 0) is 4.57 Å². The summed E-state index contributed by atoms with van der Waals surface area (Å²) in [4.78, 5) is 30.9. The van der Waals surface area contributed by atoms with Crippen molar-refractivity contribution in [1.82, 2.24) is 4.57 Å². The molecule has 0 saturated heterocycles. The fourth-order valence-electron chi connectivity index (χ4n) is 3.42. The van der Waals surface area contributed by atoms with Gasteiger partial charge in [-0.15, -0.1) is 0 Å². The van der Waals surface area contributed by atoms with Crippen LogP contribution >= 0.6 is 23.5 Å². The molecule has 8 nitrogen and oxygen atoms in total. The summed E-state index contributed by atoms with van der Waals surface area (Å²) in [6, 6.07) is 14.4. The standard InChI is InChI=1S/C23H19BrN3O5P/c1-32-22-7-4-15(12-25)9-16(22)10-17(13-26)20-14-27(21-6-5-18(24)11-19(20)21)23(28)3-2-8-33(29,30)31/h4-7,9-11,14H,2-3,8H2,1H3,(H2,29,30,31)/b17-10+. The summed E-state index contributed by atoms with van der Waals surface area (Å²) in [5, 5.41) is 19.8. The number of hydrogen-bond acceptors (Lipinski definition) is 5. The summed E-state index contributed by atoms with van der Waals surface area (Å²) in [5.74, 6) is 0.142. The Bertz CT molecular complexity index is 1390. The van der Waals surface area contributed by atoms with E-state index < -0.39 is 7.60 Å². The molecule has 0 unspecified atom stereocenters. The molecule has 1 aromatic heterocycles. The van der Waals surface area contributed by atoms with Crippen LogP contribution in [0.1, 0.15) is 34.3 Å². The van der Waals surface area contributed by atoms with Gasteiger partial charge >= 0.3 is 7.60 Å². The van der Waals surface area contributed by atoms with Gasteiger partial charge < -0.3 is 14.5 Å². The van der Waals surface area contributed by atoms with Crippen LogP contribution in [0, 0.1) is 22.7 Å². The average Bonchev–Trinajstić information content (AvgIpc) is 3.14. The first-order valence-corrected chi connectivity index (χ1v) is 12.3. The maximum Gasteiger partial charge on any atom is 0.325 e. The SMILES string of the molecule is COc1ccc(C#N)cc1/C=C(\C#N)c1cn(C(=O)CCCP(=O)(O)O)c2ccc(Br)cc12. The number of rotatable bonds is 7. The Morgan fingerprint density at radius 2 is 2.00 bits per heavy atom. The highest BCUT2D eigenvalue weighted by molar-refractivity contribution is 9.10. The zero-order valence-electron chi connectivity index (χ0n) is 17.5. The van der Waals surface area contributed by atoms with Crippen LogP contribution in [-0.4, -0.2) is 33.5 Å². The Morgan fingerprint density at radius 3 is 2.64 bits per heavy atom. The van der Waals surface area contributed by atoms with Gasteiger partial charge in [-0.2, -0.15) is 10.5 Å². The number of ether oxygens (including phenoxy) is 1. The third-order valence-electron chi connectivity index (χ3n) is 4.94. The van der Waals surface area contributed by atoms with Crippen LogP contribution in [0.5, 0.6) is 5.75 Å². The number of aromatic nitrogens is 1. The lowest BCUT2D eigenvalue weighted by Gasteiger charge is -2.06. The fourth-order valence-corrected chi connectivity index (χ4v) is 4.35. The number of nitriles is 2. The summed E-state index contributed by atoms with van der Waals surface area (Å²) in [6.07, 6.45) is 2.74. The van der Waals surface area contributed by atoms with Crippen molar-refractivity contribution < 1.29 is 23.9 Å². The number of allylic oxidation sites excluding steroid dienone is 1. The van der Waals surface area contributed by atoms with E-state index in [2.05, 4.69) is 28.1 Å². The van der Waals surface area contributed by atoms with Crippen LogP contribution in [0.3, 0.4) is 0 Å². The first kappa shape index (κ1) is 24.4. The van der Waals surface area contributed by atoms with E-state index in [1.54, 1.807) is 48.7 Å². The molecule has 1 heterocycles. The Balaban J connectivity index is 2.11. The number of nitrogens with zero attached hydrogens (tertiary/aromatic N) is 3. The molecule has 3 rings (SSSR count). The molecule has 0 aliphatic rings. The van der Waals surface area contributed by atoms with Crippen molar-refractivity contribution >= 4 is 52.0 Å². The molecule has 0 atom stereocenters. The van der Waals surface area contributed by atoms with Gasteiger partial charge in [-0.05, 0) is 48.9 Å². The second kappa shape index (κ2) is 10.2. The van der Waals surface area contributed by atoms with Gasteiger partial charge in [0.2, 0.25) is 5.91 Å². The van der Waals surface area contributed by atoms with E-state index in [9.17, 15) is 19.9 Å². The van der Waals surface area contributed by atoms with Crippen LogP contribution in [0.25, 0.3) is 22.6 Å².